The predicted molar refractivity (Wildman–Crippen MR) is 108 cm³/mol. The van der Waals surface area contributed by atoms with E-state index in [1.807, 2.05) is 12.1 Å². The summed E-state index contributed by atoms with van der Waals surface area (Å²) in [5.41, 5.74) is 5.94. The topological polar surface area (TPSA) is 62.2 Å². The van der Waals surface area contributed by atoms with Crippen LogP contribution in [0.1, 0.15) is 32.0 Å². The molecule has 0 atom stereocenters. The number of nitrogens with one attached hydrogen (secondary N) is 1. The molecule has 3 rings (SSSR count). The number of aromatic nitrogens is 1. The van der Waals surface area contributed by atoms with E-state index in [2.05, 4.69) is 66.9 Å². The number of anilines is 1. The highest BCUT2D eigenvalue weighted by Crippen LogP contribution is 2.36. The van der Waals surface area contributed by atoms with Crippen LogP contribution in [0.3, 0.4) is 0 Å². The molecule has 134 valence electrons. The standard InChI is InChI=1S/C21H22N2O2S/c1-13-18(22-20(24)25)19(26-23-13)16-7-5-14(6-8-16)15-9-11-17(12-10-15)21(2,3)4/h5-12,22H,1-4H3,(H,24,25). The van der Waals surface area contributed by atoms with Crippen LogP contribution in [-0.4, -0.2) is 15.6 Å². The highest BCUT2D eigenvalue weighted by Gasteiger charge is 2.15. The molecule has 0 aliphatic carbocycles. The largest absolute Gasteiger partial charge is 0.465 e. The summed E-state index contributed by atoms with van der Waals surface area (Å²) in [5, 5.41) is 11.5. The van der Waals surface area contributed by atoms with E-state index < -0.39 is 6.09 Å². The molecule has 0 spiro atoms. The van der Waals surface area contributed by atoms with Crippen LogP contribution in [0.4, 0.5) is 10.5 Å². The maximum Gasteiger partial charge on any atom is 0.409 e. The second kappa shape index (κ2) is 6.92. The molecule has 2 aromatic carbocycles. The van der Waals surface area contributed by atoms with Crippen LogP contribution in [0.25, 0.3) is 21.6 Å². The number of hydrogen-bond acceptors (Lipinski definition) is 3. The van der Waals surface area contributed by atoms with Crippen molar-refractivity contribution in [1.82, 2.24) is 4.37 Å². The Morgan fingerprint density at radius 3 is 1.96 bits per heavy atom. The van der Waals surface area contributed by atoms with Crippen LogP contribution in [0, 0.1) is 6.92 Å². The van der Waals surface area contributed by atoms with Crippen molar-refractivity contribution in [3.05, 3.63) is 59.8 Å². The molecule has 2 N–H and O–H groups in total. The van der Waals surface area contributed by atoms with Crippen molar-refractivity contribution in [1.29, 1.82) is 0 Å². The SMILES string of the molecule is Cc1nsc(-c2ccc(-c3ccc(C(C)(C)C)cc3)cc2)c1NC(=O)O. The first-order chi connectivity index (χ1) is 12.3. The average Bonchev–Trinajstić information content (AvgIpc) is 2.95. The second-order valence-electron chi connectivity index (χ2n) is 7.31. The van der Waals surface area contributed by atoms with Crippen LogP contribution in [0.5, 0.6) is 0 Å². The van der Waals surface area contributed by atoms with Gasteiger partial charge in [-0.25, -0.2) is 4.79 Å². The van der Waals surface area contributed by atoms with Crippen molar-refractivity contribution >= 4 is 23.3 Å². The highest BCUT2D eigenvalue weighted by atomic mass is 32.1. The fourth-order valence-electron chi connectivity index (χ4n) is 2.80. The molecule has 0 radical (unpaired) electrons. The minimum absolute atomic E-state index is 0.139. The van der Waals surface area contributed by atoms with Crippen molar-refractivity contribution < 1.29 is 9.90 Å². The summed E-state index contributed by atoms with van der Waals surface area (Å²) in [6, 6.07) is 16.8. The molecule has 0 aliphatic rings. The molecule has 0 saturated carbocycles. The molecule has 0 unspecified atom stereocenters. The first-order valence-electron chi connectivity index (χ1n) is 8.43. The Kier molecular flexibility index (Phi) is 4.83. The normalized spacial score (nSPS) is 11.4. The summed E-state index contributed by atoms with van der Waals surface area (Å²) in [6.07, 6.45) is -1.08. The van der Waals surface area contributed by atoms with Gasteiger partial charge in [-0.3, -0.25) is 5.32 Å². The van der Waals surface area contributed by atoms with Gasteiger partial charge < -0.3 is 5.11 Å². The number of benzene rings is 2. The maximum absolute atomic E-state index is 11.0. The van der Waals surface area contributed by atoms with Crippen molar-refractivity contribution in [2.75, 3.05) is 5.32 Å². The van der Waals surface area contributed by atoms with E-state index in [-0.39, 0.29) is 5.41 Å². The minimum Gasteiger partial charge on any atom is -0.465 e. The number of nitrogens with zero attached hydrogens (tertiary/aromatic N) is 1. The van der Waals surface area contributed by atoms with Crippen LogP contribution >= 0.6 is 11.5 Å². The zero-order valence-corrected chi connectivity index (χ0v) is 16.1. The molecule has 0 aliphatic heterocycles. The summed E-state index contributed by atoms with van der Waals surface area (Å²) in [6.45, 7) is 8.42. The molecule has 1 aromatic heterocycles. The van der Waals surface area contributed by atoms with Gasteiger partial charge in [-0.2, -0.15) is 4.37 Å². The van der Waals surface area contributed by atoms with E-state index in [4.69, 9.17) is 5.11 Å². The zero-order chi connectivity index (χ0) is 18.9. The Bertz CT molecular complexity index is 920. The monoisotopic (exact) mass is 366 g/mol. The quantitative estimate of drug-likeness (QED) is 0.582. The fraction of sp³-hybridized carbons (Fsp3) is 0.238. The minimum atomic E-state index is -1.08. The fourth-order valence-corrected chi connectivity index (χ4v) is 3.65. The number of hydrogen-bond donors (Lipinski definition) is 2. The Morgan fingerprint density at radius 2 is 1.46 bits per heavy atom. The lowest BCUT2D eigenvalue weighted by Gasteiger charge is -2.19. The van der Waals surface area contributed by atoms with E-state index in [9.17, 15) is 4.79 Å². The molecular weight excluding hydrogens is 344 g/mol. The molecule has 1 amide bonds. The average molecular weight is 366 g/mol. The summed E-state index contributed by atoms with van der Waals surface area (Å²) in [4.78, 5) is 11.8. The smallest absolute Gasteiger partial charge is 0.409 e. The van der Waals surface area contributed by atoms with Gasteiger partial charge in [-0.05, 0) is 46.1 Å². The molecule has 4 nitrogen and oxygen atoms in total. The highest BCUT2D eigenvalue weighted by molar-refractivity contribution is 7.10. The van der Waals surface area contributed by atoms with Crippen molar-refractivity contribution in [2.45, 2.75) is 33.1 Å². The molecule has 1 heterocycles. The third-order valence-electron chi connectivity index (χ3n) is 4.33. The molecule has 5 heteroatoms. The summed E-state index contributed by atoms with van der Waals surface area (Å²) in [5.74, 6) is 0. The van der Waals surface area contributed by atoms with Crippen LogP contribution in [0.2, 0.25) is 0 Å². The maximum atomic E-state index is 11.0. The van der Waals surface area contributed by atoms with Gasteiger partial charge >= 0.3 is 6.09 Å². The summed E-state index contributed by atoms with van der Waals surface area (Å²) >= 11 is 1.30. The van der Waals surface area contributed by atoms with E-state index in [1.54, 1.807) is 6.92 Å². The van der Waals surface area contributed by atoms with E-state index in [0.29, 0.717) is 11.4 Å². The van der Waals surface area contributed by atoms with Crippen molar-refractivity contribution in [2.24, 2.45) is 0 Å². The Hall–Kier alpha value is -2.66. The van der Waals surface area contributed by atoms with E-state index >= 15 is 0 Å². The van der Waals surface area contributed by atoms with Gasteiger partial charge in [0.2, 0.25) is 0 Å². The van der Waals surface area contributed by atoms with E-state index in [1.165, 1.54) is 17.1 Å². The molecule has 0 saturated heterocycles. The van der Waals surface area contributed by atoms with Gasteiger partial charge in [0, 0.05) is 0 Å². The first kappa shape index (κ1) is 18.1. The summed E-state index contributed by atoms with van der Waals surface area (Å²) in [7, 11) is 0. The molecule has 0 fully saturated rings. The number of carboxylic acid groups (broad SMARTS) is 1. The van der Waals surface area contributed by atoms with Crippen LogP contribution < -0.4 is 5.32 Å². The number of aryl methyl sites for hydroxylation is 1. The van der Waals surface area contributed by atoms with Gasteiger partial charge in [0.25, 0.3) is 0 Å². The molecular formula is C21H22N2O2S. The second-order valence-corrected chi connectivity index (χ2v) is 8.08. The van der Waals surface area contributed by atoms with Gasteiger partial charge in [0.05, 0.1) is 16.3 Å². The number of carbonyl (C=O) groups is 1. The first-order valence-corrected chi connectivity index (χ1v) is 9.20. The Morgan fingerprint density at radius 1 is 0.962 bits per heavy atom. The van der Waals surface area contributed by atoms with Crippen LogP contribution in [0.15, 0.2) is 48.5 Å². The molecule has 3 aromatic rings. The Labute approximate surface area is 157 Å². The Balaban J connectivity index is 1.89. The zero-order valence-electron chi connectivity index (χ0n) is 15.3. The van der Waals surface area contributed by atoms with Crippen LogP contribution in [-0.2, 0) is 5.41 Å². The molecule has 26 heavy (non-hydrogen) atoms. The van der Waals surface area contributed by atoms with Gasteiger partial charge in [0.15, 0.2) is 0 Å². The third-order valence-corrected chi connectivity index (χ3v) is 5.31. The van der Waals surface area contributed by atoms with Gasteiger partial charge in [0.1, 0.15) is 0 Å². The lowest BCUT2D eigenvalue weighted by atomic mass is 9.86. The number of amides is 1. The predicted octanol–water partition coefficient (Wildman–Crippen LogP) is 6.17. The van der Waals surface area contributed by atoms with Crippen molar-refractivity contribution in [3.63, 3.8) is 0 Å². The van der Waals surface area contributed by atoms with E-state index in [0.717, 1.165) is 21.6 Å². The molecule has 0 bridgehead atoms. The van der Waals surface area contributed by atoms with Gasteiger partial charge in [-0.15, -0.1) is 0 Å². The lowest BCUT2D eigenvalue weighted by molar-refractivity contribution is 0.209. The lowest BCUT2D eigenvalue weighted by Crippen LogP contribution is -2.10. The summed E-state index contributed by atoms with van der Waals surface area (Å²) < 4.78 is 4.28. The third kappa shape index (κ3) is 3.78. The number of rotatable bonds is 3. The van der Waals surface area contributed by atoms with Gasteiger partial charge in [-0.1, -0.05) is 69.3 Å². The van der Waals surface area contributed by atoms with Crippen molar-refractivity contribution in [3.8, 4) is 21.6 Å².